The van der Waals surface area contributed by atoms with Crippen molar-refractivity contribution >= 4 is 35.2 Å². The Kier molecular flexibility index (Phi) is 8.65. The van der Waals surface area contributed by atoms with Crippen LogP contribution in [0.4, 0.5) is 10.5 Å². The molecule has 3 amide bonds. The quantitative estimate of drug-likeness (QED) is 0.501. The summed E-state index contributed by atoms with van der Waals surface area (Å²) < 4.78 is 5.26. The molecule has 1 atom stereocenters. The van der Waals surface area contributed by atoms with Gasteiger partial charge in [-0.25, -0.2) is 4.79 Å². The molecule has 7 nitrogen and oxygen atoms in total. The molecule has 1 fully saturated rings. The molecule has 0 spiro atoms. The molecule has 36 heavy (non-hydrogen) atoms. The number of terminal acetylenes is 1. The second kappa shape index (κ2) is 11.5. The van der Waals surface area contributed by atoms with Crippen molar-refractivity contribution in [3.63, 3.8) is 0 Å². The monoisotopic (exact) mass is 509 g/mol. The zero-order chi connectivity index (χ0) is 26.5. The van der Waals surface area contributed by atoms with E-state index in [0.717, 1.165) is 24.8 Å². The molecule has 0 saturated heterocycles. The van der Waals surface area contributed by atoms with Gasteiger partial charge in [-0.3, -0.25) is 9.59 Å². The summed E-state index contributed by atoms with van der Waals surface area (Å²) in [5.41, 5.74) is 1.85. The standard InChI is InChI=1S/C28H32ClN3O4/c1-6-19-13-15-20(16-14-19)25(26(34)31-24-18(2)9-7-12-22(24)29)32(21-10-8-11-21)23(33)17-30-27(35)36-28(3,4)5/h1,7,9,12-16,21,25H,8,10-11,17H2,2-5H3,(H,30,35)(H,31,34). The third-order valence-corrected chi connectivity index (χ3v) is 6.24. The second-order valence-corrected chi connectivity index (χ2v) is 10.2. The minimum absolute atomic E-state index is 0.145. The smallest absolute Gasteiger partial charge is 0.408 e. The molecule has 8 heteroatoms. The highest BCUT2D eigenvalue weighted by atomic mass is 35.5. The number of hydrogen-bond donors (Lipinski definition) is 2. The largest absolute Gasteiger partial charge is 0.444 e. The molecular formula is C28H32ClN3O4. The van der Waals surface area contributed by atoms with Crippen molar-refractivity contribution in [2.75, 3.05) is 11.9 Å². The molecule has 0 bridgehead atoms. The molecule has 1 aliphatic rings. The lowest BCUT2D eigenvalue weighted by atomic mass is 9.88. The van der Waals surface area contributed by atoms with Crippen LogP contribution < -0.4 is 10.6 Å². The second-order valence-electron chi connectivity index (χ2n) is 9.83. The van der Waals surface area contributed by atoms with Gasteiger partial charge in [-0.2, -0.15) is 0 Å². The number of alkyl carbamates (subject to hydrolysis) is 1. The van der Waals surface area contributed by atoms with Gasteiger partial charge in [-0.1, -0.05) is 41.8 Å². The first-order chi connectivity index (χ1) is 17.0. The van der Waals surface area contributed by atoms with Gasteiger partial charge < -0.3 is 20.3 Å². The normalized spacial score (nSPS) is 14.1. The van der Waals surface area contributed by atoms with Gasteiger partial charge in [0.05, 0.1) is 10.7 Å². The number of benzene rings is 2. The number of rotatable bonds is 7. The summed E-state index contributed by atoms with van der Waals surface area (Å²) in [5.74, 6) is 1.77. The van der Waals surface area contributed by atoms with E-state index in [0.29, 0.717) is 21.8 Å². The molecular weight excluding hydrogens is 478 g/mol. The molecule has 1 aliphatic carbocycles. The van der Waals surface area contributed by atoms with Gasteiger partial charge >= 0.3 is 6.09 Å². The number of carbonyl (C=O) groups is 3. The van der Waals surface area contributed by atoms with E-state index in [4.69, 9.17) is 22.8 Å². The number of hydrogen-bond acceptors (Lipinski definition) is 4. The predicted molar refractivity (Wildman–Crippen MR) is 141 cm³/mol. The zero-order valence-corrected chi connectivity index (χ0v) is 21.8. The van der Waals surface area contributed by atoms with Crippen molar-refractivity contribution in [3.05, 3.63) is 64.2 Å². The number of anilines is 1. The number of para-hydroxylation sites is 1. The van der Waals surface area contributed by atoms with E-state index in [1.54, 1.807) is 62.1 Å². The van der Waals surface area contributed by atoms with Crippen molar-refractivity contribution in [1.82, 2.24) is 10.2 Å². The van der Waals surface area contributed by atoms with Crippen molar-refractivity contribution in [2.24, 2.45) is 0 Å². The van der Waals surface area contributed by atoms with E-state index >= 15 is 0 Å². The molecule has 3 rings (SSSR count). The first-order valence-corrected chi connectivity index (χ1v) is 12.3. The number of aryl methyl sites for hydroxylation is 1. The Morgan fingerprint density at radius 3 is 2.36 bits per heavy atom. The zero-order valence-electron chi connectivity index (χ0n) is 21.1. The molecule has 2 N–H and O–H groups in total. The first-order valence-electron chi connectivity index (χ1n) is 11.9. The minimum atomic E-state index is -0.953. The molecule has 0 radical (unpaired) electrons. The summed E-state index contributed by atoms with van der Waals surface area (Å²) >= 11 is 6.37. The lowest BCUT2D eigenvalue weighted by Crippen LogP contribution is -2.53. The van der Waals surface area contributed by atoms with Gasteiger partial charge in [0.1, 0.15) is 18.2 Å². The van der Waals surface area contributed by atoms with E-state index in [1.165, 1.54) is 0 Å². The molecule has 0 heterocycles. The van der Waals surface area contributed by atoms with Gasteiger partial charge in [0, 0.05) is 11.6 Å². The molecule has 0 aromatic heterocycles. The van der Waals surface area contributed by atoms with E-state index < -0.39 is 23.6 Å². The van der Waals surface area contributed by atoms with Crippen LogP contribution in [0.1, 0.15) is 62.8 Å². The number of ether oxygens (including phenoxy) is 1. The molecule has 0 aliphatic heterocycles. The molecule has 2 aromatic rings. The molecule has 1 saturated carbocycles. The highest BCUT2D eigenvalue weighted by Gasteiger charge is 2.39. The number of halogens is 1. The number of carbonyl (C=O) groups excluding carboxylic acids is 3. The van der Waals surface area contributed by atoms with Gasteiger partial charge in [-0.05, 0) is 76.3 Å². The summed E-state index contributed by atoms with van der Waals surface area (Å²) in [6.45, 7) is 6.77. The minimum Gasteiger partial charge on any atom is -0.444 e. The Labute approximate surface area is 217 Å². The Morgan fingerprint density at radius 1 is 1.17 bits per heavy atom. The van der Waals surface area contributed by atoms with Crippen LogP contribution in [-0.4, -0.2) is 41.0 Å². The number of nitrogens with zero attached hydrogens (tertiary/aromatic N) is 1. The van der Waals surface area contributed by atoms with Crippen LogP contribution in [0.25, 0.3) is 0 Å². The van der Waals surface area contributed by atoms with E-state index in [2.05, 4.69) is 16.6 Å². The fourth-order valence-electron chi connectivity index (χ4n) is 3.96. The van der Waals surface area contributed by atoms with Gasteiger partial charge in [0.2, 0.25) is 5.91 Å². The van der Waals surface area contributed by atoms with Gasteiger partial charge in [-0.15, -0.1) is 6.42 Å². The van der Waals surface area contributed by atoms with Crippen LogP contribution in [0.15, 0.2) is 42.5 Å². The summed E-state index contributed by atoms with van der Waals surface area (Å²) in [6.07, 6.45) is 7.28. The van der Waals surface area contributed by atoms with Gasteiger partial charge in [0.15, 0.2) is 0 Å². The lowest BCUT2D eigenvalue weighted by molar-refractivity contribution is -0.143. The summed E-state index contributed by atoms with van der Waals surface area (Å²) in [4.78, 5) is 41.0. The van der Waals surface area contributed by atoms with Crippen LogP contribution in [-0.2, 0) is 14.3 Å². The maximum atomic E-state index is 13.8. The van der Waals surface area contributed by atoms with Crippen LogP contribution >= 0.6 is 11.6 Å². The molecule has 190 valence electrons. The van der Waals surface area contributed by atoms with Crippen LogP contribution in [0, 0.1) is 19.3 Å². The van der Waals surface area contributed by atoms with E-state index in [9.17, 15) is 14.4 Å². The van der Waals surface area contributed by atoms with E-state index in [1.807, 2.05) is 13.0 Å². The third kappa shape index (κ3) is 6.79. The van der Waals surface area contributed by atoms with Gasteiger partial charge in [0.25, 0.3) is 5.91 Å². The SMILES string of the molecule is C#Cc1ccc(C(C(=O)Nc2c(C)cccc2Cl)N(C(=O)CNC(=O)OC(C)(C)C)C2CCC2)cc1. The Bertz CT molecular complexity index is 1140. The summed E-state index contributed by atoms with van der Waals surface area (Å²) in [5, 5.41) is 5.85. The fourth-order valence-corrected chi connectivity index (χ4v) is 4.23. The highest BCUT2D eigenvalue weighted by Crippen LogP contribution is 2.35. The Balaban J connectivity index is 1.94. The van der Waals surface area contributed by atoms with Crippen LogP contribution in [0.2, 0.25) is 5.02 Å². The summed E-state index contributed by atoms with van der Waals surface area (Å²) in [6, 6.07) is 11.2. The lowest BCUT2D eigenvalue weighted by Gasteiger charge is -2.42. The van der Waals surface area contributed by atoms with Crippen molar-refractivity contribution < 1.29 is 19.1 Å². The average Bonchev–Trinajstić information content (AvgIpc) is 2.77. The first kappa shape index (κ1) is 27.1. The topological polar surface area (TPSA) is 87.7 Å². The Hall–Kier alpha value is -3.50. The predicted octanol–water partition coefficient (Wildman–Crippen LogP) is 5.22. The summed E-state index contributed by atoms with van der Waals surface area (Å²) in [7, 11) is 0. The van der Waals surface area contributed by atoms with Crippen LogP contribution in [0.5, 0.6) is 0 Å². The van der Waals surface area contributed by atoms with Crippen molar-refractivity contribution in [2.45, 2.75) is 64.6 Å². The maximum absolute atomic E-state index is 13.8. The fraction of sp³-hybridized carbons (Fsp3) is 0.393. The Morgan fingerprint density at radius 2 is 1.83 bits per heavy atom. The van der Waals surface area contributed by atoms with Crippen LogP contribution in [0.3, 0.4) is 0 Å². The van der Waals surface area contributed by atoms with E-state index in [-0.39, 0.29) is 18.5 Å². The molecule has 2 aromatic carbocycles. The average molecular weight is 510 g/mol. The number of amides is 3. The van der Waals surface area contributed by atoms with Crippen molar-refractivity contribution in [3.8, 4) is 12.3 Å². The van der Waals surface area contributed by atoms with Crippen molar-refractivity contribution in [1.29, 1.82) is 0 Å². The highest BCUT2D eigenvalue weighted by molar-refractivity contribution is 6.34. The maximum Gasteiger partial charge on any atom is 0.408 e. The molecule has 1 unspecified atom stereocenters. The number of nitrogens with one attached hydrogen (secondary N) is 2. The third-order valence-electron chi connectivity index (χ3n) is 5.93.